The molecule has 1 heterocycles. The second-order valence-electron chi connectivity index (χ2n) is 8.48. The molecule has 3 aromatic rings. The molecule has 0 radical (unpaired) electrons. The van der Waals surface area contributed by atoms with Gasteiger partial charge in [-0.15, -0.1) is 0 Å². The highest BCUT2D eigenvalue weighted by molar-refractivity contribution is 5.86. The summed E-state index contributed by atoms with van der Waals surface area (Å²) in [5, 5.41) is 18.6. The molecule has 0 saturated heterocycles. The molecule has 1 aliphatic rings. The Morgan fingerprint density at radius 1 is 1.06 bits per heavy atom. The number of fused-ring (bicyclic) bond motifs is 3. The Bertz CT molecular complexity index is 1180. The van der Waals surface area contributed by atoms with Gasteiger partial charge in [0.1, 0.15) is 12.6 Å². The van der Waals surface area contributed by atoms with Crippen LogP contribution in [0.1, 0.15) is 35.6 Å². The summed E-state index contributed by atoms with van der Waals surface area (Å²) < 4.78 is 7.19. The first-order valence-electron chi connectivity index (χ1n) is 11.5. The highest BCUT2D eigenvalue weighted by Gasteiger charge is 2.30. The SMILES string of the molecule is Cn1ccc(CCNC(=O)C(CCC(=O)O)NC(=O)OCC2c3ccccc3-c3ccccc32)n1. The smallest absolute Gasteiger partial charge is 0.407 e. The molecule has 9 nitrogen and oxygen atoms in total. The van der Waals surface area contributed by atoms with Crippen molar-refractivity contribution in [3.05, 3.63) is 77.6 Å². The molecule has 0 saturated carbocycles. The number of nitrogens with zero attached hydrogens (tertiary/aromatic N) is 2. The van der Waals surface area contributed by atoms with E-state index in [-0.39, 0.29) is 25.4 Å². The number of hydrogen-bond acceptors (Lipinski definition) is 5. The van der Waals surface area contributed by atoms with Crippen LogP contribution in [-0.4, -0.2) is 52.1 Å². The number of amides is 2. The highest BCUT2D eigenvalue weighted by Crippen LogP contribution is 2.44. The van der Waals surface area contributed by atoms with Crippen LogP contribution in [0.4, 0.5) is 4.79 Å². The Labute approximate surface area is 203 Å². The minimum absolute atomic E-state index is 0.0467. The standard InChI is InChI=1S/C26H28N4O5/c1-30-15-13-17(29-30)12-14-27-25(33)23(10-11-24(31)32)28-26(34)35-16-22-20-8-4-2-6-18(20)19-7-3-5-9-21(19)22/h2-9,13,15,22-23H,10-12,14,16H2,1H3,(H,27,33)(H,28,34)(H,31,32). The lowest BCUT2D eigenvalue weighted by Crippen LogP contribution is -2.47. The van der Waals surface area contributed by atoms with Crippen LogP contribution in [0.2, 0.25) is 0 Å². The molecule has 2 amide bonds. The van der Waals surface area contributed by atoms with Gasteiger partial charge in [0.05, 0.1) is 5.69 Å². The molecule has 1 atom stereocenters. The summed E-state index contributed by atoms with van der Waals surface area (Å²) in [5.41, 5.74) is 5.21. The number of carboxylic acids is 1. The predicted octanol–water partition coefficient (Wildman–Crippen LogP) is 2.85. The normalized spacial score (nSPS) is 12.9. The van der Waals surface area contributed by atoms with Gasteiger partial charge in [-0.3, -0.25) is 14.3 Å². The Morgan fingerprint density at radius 2 is 1.71 bits per heavy atom. The number of nitrogens with one attached hydrogen (secondary N) is 2. The lowest BCUT2D eigenvalue weighted by Gasteiger charge is -2.19. The zero-order valence-corrected chi connectivity index (χ0v) is 19.4. The van der Waals surface area contributed by atoms with Gasteiger partial charge in [-0.05, 0) is 34.7 Å². The molecule has 35 heavy (non-hydrogen) atoms. The summed E-state index contributed by atoms with van der Waals surface area (Å²) in [6, 6.07) is 16.8. The number of alkyl carbamates (subject to hydrolysis) is 1. The zero-order chi connectivity index (χ0) is 24.8. The number of hydrogen-bond donors (Lipinski definition) is 3. The summed E-state index contributed by atoms with van der Waals surface area (Å²) in [7, 11) is 1.81. The number of carboxylic acid groups (broad SMARTS) is 1. The van der Waals surface area contributed by atoms with Crippen LogP contribution in [-0.2, 0) is 27.8 Å². The third-order valence-corrected chi connectivity index (χ3v) is 6.05. The van der Waals surface area contributed by atoms with Crippen molar-refractivity contribution in [1.29, 1.82) is 0 Å². The number of carbonyl (C=O) groups excluding carboxylic acids is 2. The summed E-state index contributed by atoms with van der Waals surface area (Å²) in [6.45, 7) is 0.415. The third-order valence-electron chi connectivity index (χ3n) is 6.05. The molecule has 1 aromatic heterocycles. The fraction of sp³-hybridized carbons (Fsp3) is 0.308. The highest BCUT2D eigenvalue weighted by atomic mass is 16.5. The molecule has 1 aliphatic carbocycles. The van der Waals surface area contributed by atoms with Crippen molar-refractivity contribution in [2.45, 2.75) is 31.2 Å². The van der Waals surface area contributed by atoms with Gasteiger partial charge in [-0.2, -0.15) is 5.10 Å². The van der Waals surface area contributed by atoms with E-state index in [1.165, 1.54) is 0 Å². The summed E-state index contributed by atoms with van der Waals surface area (Å²) in [5.74, 6) is -1.63. The number of aliphatic carboxylic acids is 1. The van der Waals surface area contributed by atoms with Gasteiger partial charge in [0, 0.05) is 38.5 Å². The van der Waals surface area contributed by atoms with Crippen LogP contribution < -0.4 is 10.6 Å². The number of carbonyl (C=O) groups is 3. The predicted molar refractivity (Wildman–Crippen MR) is 129 cm³/mol. The molecule has 4 rings (SSSR count). The van der Waals surface area contributed by atoms with Crippen LogP contribution in [0.15, 0.2) is 60.8 Å². The number of ether oxygens (including phenoxy) is 1. The monoisotopic (exact) mass is 476 g/mol. The topological polar surface area (TPSA) is 123 Å². The van der Waals surface area contributed by atoms with E-state index in [1.807, 2.05) is 67.8 Å². The van der Waals surface area contributed by atoms with Crippen LogP contribution >= 0.6 is 0 Å². The Hall–Kier alpha value is -4.14. The van der Waals surface area contributed by atoms with Crippen molar-refractivity contribution < 1.29 is 24.2 Å². The largest absolute Gasteiger partial charge is 0.481 e. The number of aromatic nitrogens is 2. The van der Waals surface area contributed by atoms with Crippen LogP contribution in [0.3, 0.4) is 0 Å². The van der Waals surface area contributed by atoms with Gasteiger partial charge in [0.25, 0.3) is 0 Å². The lowest BCUT2D eigenvalue weighted by molar-refractivity contribution is -0.137. The van der Waals surface area contributed by atoms with Crippen molar-refractivity contribution in [2.24, 2.45) is 7.05 Å². The molecule has 3 N–H and O–H groups in total. The first-order valence-corrected chi connectivity index (χ1v) is 11.5. The van der Waals surface area contributed by atoms with E-state index >= 15 is 0 Å². The first kappa shape index (κ1) is 24.0. The summed E-state index contributed by atoms with van der Waals surface area (Å²) in [6.07, 6.45) is 1.26. The zero-order valence-electron chi connectivity index (χ0n) is 19.4. The molecular weight excluding hydrogens is 448 g/mol. The summed E-state index contributed by atoms with van der Waals surface area (Å²) >= 11 is 0. The maximum atomic E-state index is 12.7. The van der Waals surface area contributed by atoms with Crippen molar-refractivity contribution in [2.75, 3.05) is 13.2 Å². The number of benzene rings is 2. The van der Waals surface area contributed by atoms with E-state index in [9.17, 15) is 14.4 Å². The summed E-state index contributed by atoms with van der Waals surface area (Å²) in [4.78, 5) is 36.3. The third kappa shape index (κ3) is 5.87. The van der Waals surface area contributed by atoms with Crippen molar-refractivity contribution >= 4 is 18.0 Å². The average molecular weight is 477 g/mol. The van der Waals surface area contributed by atoms with Crippen molar-refractivity contribution in [3.8, 4) is 11.1 Å². The van der Waals surface area contributed by atoms with E-state index in [1.54, 1.807) is 4.68 Å². The van der Waals surface area contributed by atoms with Crippen LogP contribution in [0.25, 0.3) is 11.1 Å². The van der Waals surface area contributed by atoms with Crippen LogP contribution in [0, 0.1) is 0 Å². The molecule has 0 fully saturated rings. The average Bonchev–Trinajstić information content (AvgIpc) is 3.41. The minimum atomic E-state index is -1.05. The minimum Gasteiger partial charge on any atom is -0.481 e. The van der Waals surface area contributed by atoms with E-state index < -0.39 is 24.0 Å². The van der Waals surface area contributed by atoms with Gasteiger partial charge in [-0.1, -0.05) is 48.5 Å². The van der Waals surface area contributed by atoms with Crippen molar-refractivity contribution in [1.82, 2.24) is 20.4 Å². The molecular formula is C26H28N4O5. The van der Waals surface area contributed by atoms with Crippen LogP contribution in [0.5, 0.6) is 0 Å². The second kappa shape index (κ2) is 10.9. The maximum Gasteiger partial charge on any atom is 0.407 e. The molecule has 182 valence electrons. The van der Waals surface area contributed by atoms with Gasteiger partial charge in [0.2, 0.25) is 5.91 Å². The number of aryl methyl sites for hydroxylation is 1. The Kier molecular flexibility index (Phi) is 7.45. The van der Waals surface area contributed by atoms with Gasteiger partial charge < -0.3 is 20.5 Å². The maximum absolute atomic E-state index is 12.7. The molecule has 9 heteroatoms. The fourth-order valence-corrected chi connectivity index (χ4v) is 4.35. The number of rotatable bonds is 10. The molecule has 0 aliphatic heterocycles. The molecule has 0 bridgehead atoms. The van der Waals surface area contributed by atoms with Crippen molar-refractivity contribution in [3.63, 3.8) is 0 Å². The quantitative estimate of drug-likeness (QED) is 0.414. The van der Waals surface area contributed by atoms with Gasteiger partial charge in [-0.25, -0.2) is 4.79 Å². The second-order valence-corrected chi connectivity index (χ2v) is 8.48. The molecule has 1 unspecified atom stereocenters. The lowest BCUT2D eigenvalue weighted by atomic mass is 9.98. The van der Waals surface area contributed by atoms with E-state index in [0.29, 0.717) is 13.0 Å². The van der Waals surface area contributed by atoms with E-state index in [4.69, 9.17) is 9.84 Å². The van der Waals surface area contributed by atoms with E-state index in [2.05, 4.69) is 15.7 Å². The van der Waals surface area contributed by atoms with Gasteiger partial charge >= 0.3 is 12.1 Å². The molecule has 0 spiro atoms. The first-order chi connectivity index (χ1) is 16.9. The Balaban J connectivity index is 1.35. The Morgan fingerprint density at radius 3 is 2.31 bits per heavy atom. The van der Waals surface area contributed by atoms with E-state index in [0.717, 1.165) is 27.9 Å². The fourth-order valence-electron chi connectivity index (χ4n) is 4.35. The van der Waals surface area contributed by atoms with Gasteiger partial charge in [0.15, 0.2) is 0 Å². The molecule has 2 aromatic carbocycles.